The molecule has 4 nitrogen and oxygen atoms in total. The fraction of sp³-hybridized carbons (Fsp3) is 0.417. The average molecular weight is 235 g/mol. The monoisotopic (exact) mass is 235 g/mol. The van der Waals surface area contributed by atoms with Gasteiger partial charge in [-0.2, -0.15) is 0 Å². The lowest BCUT2D eigenvalue weighted by Gasteiger charge is -2.23. The first-order chi connectivity index (χ1) is 8.27. The van der Waals surface area contributed by atoms with Crippen LogP contribution in [0.4, 0.5) is 4.39 Å². The minimum Gasteiger partial charge on any atom is -0.315 e. The third-order valence-corrected chi connectivity index (χ3v) is 3.34. The molecule has 1 unspecified atom stereocenters. The smallest absolute Gasteiger partial charge is 0.315 e. The molecule has 17 heavy (non-hydrogen) atoms. The van der Waals surface area contributed by atoms with E-state index in [9.17, 15) is 9.18 Å². The van der Waals surface area contributed by atoms with Gasteiger partial charge in [0, 0.05) is 6.54 Å². The molecule has 2 aromatic rings. The summed E-state index contributed by atoms with van der Waals surface area (Å²) in [6, 6.07) is 4.90. The zero-order chi connectivity index (χ0) is 11.8. The molecule has 0 saturated carbocycles. The molecule has 1 atom stereocenters. The second-order valence-corrected chi connectivity index (χ2v) is 4.43. The Labute approximate surface area is 97.4 Å². The Balaban J connectivity index is 2.18. The number of rotatable bonds is 1. The Morgan fingerprint density at radius 3 is 3.06 bits per heavy atom. The number of piperidine rings is 1. The molecule has 3 rings (SSSR count). The first kappa shape index (κ1) is 10.5. The van der Waals surface area contributed by atoms with Crippen molar-refractivity contribution in [3.8, 4) is 0 Å². The van der Waals surface area contributed by atoms with Crippen LogP contribution in [0.1, 0.15) is 18.9 Å². The Bertz CT molecular complexity index is 595. The number of hydrogen-bond acceptors (Lipinski definition) is 2. The largest absolute Gasteiger partial charge is 0.326 e. The maximum Gasteiger partial charge on any atom is 0.326 e. The van der Waals surface area contributed by atoms with E-state index in [1.54, 1.807) is 16.7 Å². The molecule has 1 fully saturated rings. The van der Waals surface area contributed by atoms with Crippen molar-refractivity contribution < 1.29 is 4.39 Å². The molecular weight excluding hydrogens is 221 g/mol. The minimum absolute atomic E-state index is 0.117. The van der Waals surface area contributed by atoms with E-state index >= 15 is 0 Å². The Kier molecular flexibility index (Phi) is 2.48. The predicted molar refractivity (Wildman–Crippen MR) is 63.7 cm³/mol. The summed E-state index contributed by atoms with van der Waals surface area (Å²) in [5.74, 6) is -0.373. The van der Waals surface area contributed by atoms with Crippen LogP contribution in [-0.2, 0) is 0 Å². The van der Waals surface area contributed by atoms with Crippen LogP contribution in [-0.4, -0.2) is 22.6 Å². The highest BCUT2D eigenvalue weighted by atomic mass is 19.1. The zero-order valence-electron chi connectivity index (χ0n) is 9.37. The molecule has 0 aliphatic carbocycles. The summed E-state index contributed by atoms with van der Waals surface area (Å²) in [4.78, 5) is 14.5. The van der Waals surface area contributed by atoms with Crippen LogP contribution in [0.25, 0.3) is 11.0 Å². The number of nitrogens with one attached hydrogen (secondary N) is 2. The fourth-order valence-corrected chi connectivity index (χ4v) is 2.53. The number of aromatic nitrogens is 2. The second kappa shape index (κ2) is 4.00. The van der Waals surface area contributed by atoms with Crippen molar-refractivity contribution in [3.05, 3.63) is 34.5 Å². The van der Waals surface area contributed by atoms with E-state index in [1.807, 2.05) is 0 Å². The molecule has 1 aromatic carbocycles. The van der Waals surface area contributed by atoms with Crippen LogP contribution in [0.5, 0.6) is 0 Å². The van der Waals surface area contributed by atoms with Crippen LogP contribution in [0.3, 0.4) is 0 Å². The number of halogens is 1. The van der Waals surface area contributed by atoms with Gasteiger partial charge >= 0.3 is 5.69 Å². The SMILES string of the molecule is O=c1[nH]c2c(F)cccc2n1C1CCCNC1. The van der Waals surface area contributed by atoms with Crippen molar-refractivity contribution in [1.29, 1.82) is 0 Å². The highest BCUT2D eigenvalue weighted by molar-refractivity contribution is 5.75. The van der Waals surface area contributed by atoms with Crippen LogP contribution in [0, 0.1) is 5.82 Å². The number of para-hydroxylation sites is 1. The Hall–Kier alpha value is -1.62. The molecule has 1 aliphatic heterocycles. The van der Waals surface area contributed by atoms with Crippen LogP contribution < -0.4 is 11.0 Å². The molecule has 1 aromatic heterocycles. The molecular formula is C12H14FN3O. The number of benzene rings is 1. The lowest BCUT2D eigenvalue weighted by atomic mass is 10.1. The summed E-state index contributed by atoms with van der Waals surface area (Å²) >= 11 is 0. The molecule has 0 bridgehead atoms. The van der Waals surface area contributed by atoms with Crippen molar-refractivity contribution in [2.75, 3.05) is 13.1 Å². The molecule has 90 valence electrons. The van der Waals surface area contributed by atoms with Gasteiger partial charge in [-0.05, 0) is 31.5 Å². The topological polar surface area (TPSA) is 49.8 Å². The third kappa shape index (κ3) is 1.67. The maximum absolute atomic E-state index is 13.5. The quantitative estimate of drug-likeness (QED) is 0.784. The fourth-order valence-electron chi connectivity index (χ4n) is 2.53. The standard InChI is InChI=1S/C12H14FN3O/c13-9-4-1-5-10-11(9)15-12(17)16(10)8-3-2-6-14-7-8/h1,4-5,8,14H,2-3,6-7H2,(H,15,17). The molecule has 2 N–H and O–H groups in total. The summed E-state index contributed by atoms with van der Waals surface area (Å²) in [6.07, 6.45) is 2.00. The van der Waals surface area contributed by atoms with Gasteiger partial charge in [-0.1, -0.05) is 6.07 Å². The number of aromatic amines is 1. The number of hydrogen-bond donors (Lipinski definition) is 2. The third-order valence-electron chi connectivity index (χ3n) is 3.34. The van der Waals surface area contributed by atoms with Gasteiger partial charge in [-0.25, -0.2) is 9.18 Å². The van der Waals surface area contributed by atoms with Gasteiger partial charge in [-0.15, -0.1) is 0 Å². The van der Waals surface area contributed by atoms with Crippen LogP contribution in [0.2, 0.25) is 0 Å². The molecule has 0 spiro atoms. The van der Waals surface area contributed by atoms with Gasteiger partial charge in [-0.3, -0.25) is 4.57 Å². The van der Waals surface area contributed by atoms with E-state index in [0.717, 1.165) is 25.9 Å². The van der Waals surface area contributed by atoms with E-state index in [-0.39, 0.29) is 17.5 Å². The summed E-state index contributed by atoms with van der Waals surface area (Å²) < 4.78 is 15.2. The van der Waals surface area contributed by atoms with Crippen molar-refractivity contribution in [1.82, 2.24) is 14.9 Å². The van der Waals surface area contributed by atoms with Gasteiger partial charge < -0.3 is 10.3 Å². The predicted octanol–water partition coefficient (Wildman–Crippen LogP) is 1.39. The highest BCUT2D eigenvalue weighted by Gasteiger charge is 2.20. The van der Waals surface area contributed by atoms with E-state index in [2.05, 4.69) is 10.3 Å². The molecule has 1 saturated heterocycles. The minimum atomic E-state index is -0.373. The summed E-state index contributed by atoms with van der Waals surface area (Å²) in [6.45, 7) is 1.76. The molecule has 0 radical (unpaired) electrons. The molecule has 0 amide bonds. The highest BCUT2D eigenvalue weighted by Crippen LogP contribution is 2.21. The van der Waals surface area contributed by atoms with E-state index in [1.165, 1.54) is 6.07 Å². The zero-order valence-corrected chi connectivity index (χ0v) is 9.37. The number of imidazole rings is 1. The van der Waals surface area contributed by atoms with Crippen molar-refractivity contribution in [2.24, 2.45) is 0 Å². The van der Waals surface area contributed by atoms with Gasteiger partial charge in [0.2, 0.25) is 0 Å². The van der Waals surface area contributed by atoms with Crippen molar-refractivity contribution in [2.45, 2.75) is 18.9 Å². The number of fused-ring (bicyclic) bond motifs is 1. The second-order valence-electron chi connectivity index (χ2n) is 4.43. The molecule has 1 aliphatic rings. The number of H-pyrrole nitrogens is 1. The summed E-state index contributed by atoms with van der Waals surface area (Å²) in [5, 5.41) is 3.26. The van der Waals surface area contributed by atoms with E-state index < -0.39 is 0 Å². The summed E-state index contributed by atoms with van der Waals surface area (Å²) in [7, 11) is 0. The molecule has 2 heterocycles. The first-order valence-corrected chi connectivity index (χ1v) is 5.87. The van der Waals surface area contributed by atoms with Crippen molar-refractivity contribution >= 4 is 11.0 Å². The average Bonchev–Trinajstić information content (AvgIpc) is 2.68. The lowest BCUT2D eigenvalue weighted by Crippen LogP contribution is -2.35. The van der Waals surface area contributed by atoms with Gasteiger partial charge in [0.1, 0.15) is 11.3 Å². The van der Waals surface area contributed by atoms with Gasteiger partial charge in [0.25, 0.3) is 0 Å². The van der Waals surface area contributed by atoms with Crippen molar-refractivity contribution in [3.63, 3.8) is 0 Å². The lowest BCUT2D eigenvalue weighted by molar-refractivity contribution is 0.372. The normalized spacial score (nSPS) is 20.9. The van der Waals surface area contributed by atoms with E-state index in [4.69, 9.17) is 0 Å². The Morgan fingerprint density at radius 2 is 2.29 bits per heavy atom. The first-order valence-electron chi connectivity index (χ1n) is 5.87. The van der Waals surface area contributed by atoms with E-state index in [0.29, 0.717) is 11.0 Å². The Morgan fingerprint density at radius 1 is 1.41 bits per heavy atom. The van der Waals surface area contributed by atoms with Crippen LogP contribution in [0.15, 0.2) is 23.0 Å². The van der Waals surface area contributed by atoms with Gasteiger partial charge in [0.15, 0.2) is 0 Å². The maximum atomic E-state index is 13.5. The molecule has 5 heteroatoms. The number of nitrogens with zero attached hydrogens (tertiary/aromatic N) is 1. The van der Waals surface area contributed by atoms with Crippen LogP contribution >= 0.6 is 0 Å². The van der Waals surface area contributed by atoms with Gasteiger partial charge in [0.05, 0.1) is 11.6 Å². The summed E-state index contributed by atoms with van der Waals surface area (Å²) in [5.41, 5.74) is 0.741.